The summed E-state index contributed by atoms with van der Waals surface area (Å²) in [5.41, 5.74) is 1.12. The van der Waals surface area contributed by atoms with Gasteiger partial charge in [-0.1, -0.05) is 29.4 Å². The number of aromatic nitrogens is 3. The number of carbonyl (C=O) groups excluding carboxylic acids is 1. The van der Waals surface area contributed by atoms with Crippen LogP contribution in [0.5, 0.6) is 0 Å². The molecule has 0 saturated heterocycles. The van der Waals surface area contributed by atoms with Gasteiger partial charge in [-0.3, -0.25) is 4.79 Å². The molecule has 2 heterocycles. The molecule has 0 spiro atoms. The Morgan fingerprint density at radius 2 is 2.15 bits per heavy atom. The zero-order valence-corrected chi connectivity index (χ0v) is 17.2. The minimum Gasteiger partial charge on any atom is -0.410 e. The fraction of sp³-hybridized carbons (Fsp3) is 0.294. The summed E-state index contributed by atoms with van der Waals surface area (Å²) in [5, 5.41) is 9.47. The Labute approximate surface area is 168 Å². The van der Waals surface area contributed by atoms with Crippen molar-refractivity contribution in [3.05, 3.63) is 45.3 Å². The third-order valence-corrected chi connectivity index (χ3v) is 5.92. The number of halogens is 2. The number of hydrogen-bond donors (Lipinski definition) is 0. The quantitative estimate of drug-likeness (QED) is 0.545. The monoisotopic (exact) mass is 426 g/mol. The lowest BCUT2D eigenvalue weighted by Gasteiger charge is -2.17. The van der Waals surface area contributed by atoms with E-state index < -0.39 is 5.82 Å². The van der Waals surface area contributed by atoms with Gasteiger partial charge in [0.1, 0.15) is 10.7 Å². The number of thiazole rings is 1. The van der Waals surface area contributed by atoms with E-state index in [1.165, 1.54) is 28.4 Å². The van der Waals surface area contributed by atoms with E-state index in [0.29, 0.717) is 16.1 Å². The summed E-state index contributed by atoms with van der Waals surface area (Å²) in [6, 6.07) is 4.44. The predicted octanol–water partition coefficient (Wildman–Crippen LogP) is 4.35. The molecule has 0 fully saturated rings. The van der Waals surface area contributed by atoms with Gasteiger partial charge in [0.05, 0.1) is 16.5 Å². The Bertz CT molecular complexity index is 956. The SMILES string of the molecule is Cc1nc(C)c(-c2nnc(SCC(=O)N(C)Cc3c(F)cccc3Cl)o2)s1. The van der Waals surface area contributed by atoms with E-state index in [4.69, 9.17) is 16.0 Å². The van der Waals surface area contributed by atoms with Gasteiger partial charge in [0, 0.05) is 24.2 Å². The van der Waals surface area contributed by atoms with Crippen molar-refractivity contribution < 1.29 is 13.6 Å². The van der Waals surface area contributed by atoms with Crippen LogP contribution in [0, 0.1) is 19.7 Å². The lowest BCUT2D eigenvalue weighted by atomic mass is 10.2. The Kier molecular flexibility index (Phi) is 6.13. The summed E-state index contributed by atoms with van der Waals surface area (Å²) < 4.78 is 19.5. The molecule has 0 atom stereocenters. The van der Waals surface area contributed by atoms with Crippen molar-refractivity contribution in [2.75, 3.05) is 12.8 Å². The van der Waals surface area contributed by atoms with Crippen molar-refractivity contribution in [1.29, 1.82) is 0 Å². The summed E-state index contributed by atoms with van der Waals surface area (Å²) in [6.07, 6.45) is 0. The number of rotatable bonds is 6. The van der Waals surface area contributed by atoms with Crippen molar-refractivity contribution in [2.45, 2.75) is 25.6 Å². The number of carbonyl (C=O) groups is 1. The molecule has 0 N–H and O–H groups in total. The highest BCUT2D eigenvalue weighted by molar-refractivity contribution is 7.99. The first kappa shape index (κ1) is 19.8. The molecule has 0 saturated carbocycles. The summed E-state index contributed by atoms with van der Waals surface area (Å²) in [6.45, 7) is 3.87. The van der Waals surface area contributed by atoms with Crippen LogP contribution in [0.1, 0.15) is 16.3 Å². The van der Waals surface area contributed by atoms with E-state index in [9.17, 15) is 9.18 Å². The first-order chi connectivity index (χ1) is 12.8. The van der Waals surface area contributed by atoms with Gasteiger partial charge >= 0.3 is 0 Å². The van der Waals surface area contributed by atoms with Gasteiger partial charge < -0.3 is 9.32 Å². The van der Waals surface area contributed by atoms with Crippen LogP contribution in [-0.2, 0) is 11.3 Å². The molecule has 0 unspecified atom stereocenters. The van der Waals surface area contributed by atoms with Crippen molar-refractivity contribution in [2.24, 2.45) is 0 Å². The van der Waals surface area contributed by atoms with E-state index in [0.717, 1.165) is 27.3 Å². The highest BCUT2D eigenvalue weighted by Crippen LogP contribution is 2.30. The molecule has 3 aromatic rings. The lowest BCUT2D eigenvalue weighted by molar-refractivity contribution is -0.127. The van der Waals surface area contributed by atoms with Gasteiger partial charge in [0.25, 0.3) is 11.1 Å². The van der Waals surface area contributed by atoms with Crippen molar-refractivity contribution in [3.8, 4) is 10.8 Å². The fourth-order valence-corrected chi connectivity index (χ4v) is 4.10. The van der Waals surface area contributed by atoms with Crippen LogP contribution in [0.25, 0.3) is 10.8 Å². The normalized spacial score (nSPS) is 11.0. The molecule has 0 aliphatic heterocycles. The van der Waals surface area contributed by atoms with Gasteiger partial charge in [-0.05, 0) is 26.0 Å². The number of hydrogen-bond acceptors (Lipinski definition) is 7. The molecule has 0 bridgehead atoms. The first-order valence-electron chi connectivity index (χ1n) is 7.92. The van der Waals surface area contributed by atoms with E-state index in [2.05, 4.69) is 15.2 Å². The number of nitrogens with zero attached hydrogens (tertiary/aromatic N) is 4. The van der Waals surface area contributed by atoms with E-state index in [1.807, 2.05) is 13.8 Å². The van der Waals surface area contributed by atoms with E-state index in [1.54, 1.807) is 13.1 Å². The first-order valence-corrected chi connectivity index (χ1v) is 10.1. The molecule has 3 rings (SSSR count). The molecular weight excluding hydrogens is 411 g/mol. The van der Waals surface area contributed by atoms with Gasteiger partial charge in [0.15, 0.2) is 0 Å². The summed E-state index contributed by atoms with van der Waals surface area (Å²) >= 11 is 8.61. The molecule has 2 aromatic heterocycles. The Hall–Kier alpha value is -1.97. The molecule has 6 nitrogen and oxygen atoms in total. The van der Waals surface area contributed by atoms with Crippen LogP contribution in [0.4, 0.5) is 4.39 Å². The van der Waals surface area contributed by atoms with Crippen molar-refractivity contribution in [3.63, 3.8) is 0 Å². The van der Waals surface area contributed by atoms with Crippen LogP contribution >= 0.6 is 34.7 Å². The average Bonchev–Trinajstić information content (AvgIpc) is 3.21. The van der Waals surface area contributed by atoms with Gasteiger partial charge in [-0.15, -0.1) is 21.5 Å². The minimum absolute atomic E-state index is 0.0827. The minimum atomic E-state index is -0.438. The second-order valence-corrected chi connectivity index (χ2v) is 8.30. The Morgan fingerprint density at radius 3 is 2.81 bits per heavy atom. The molecule has 1 amide bonds. The maximum absolute atomic E-state index is 13.9. The average molecular weight is 427 g/mol. The second kappa shape index (κ2) is 8.37. The van der Waals surface area contributed by atoms with Crippen LogP contribution in [0.3, 0.4) is 0 Å². The molecule has 0 aliphatic rings. The Morgan fingerprint density at radius 1 is 1.37 bits per heavy atom. The molecule has 10 heteroatoms. The Balaban J connectivity index is 1.60. The second-order valence-electron chi connectivity index (χ2n) is 5.76. The summed E-state index contributed by atoms with van der Waals surface area (Å²) in [5.74, 6) is -0.166. The summed E-state index contributed by atoms with van der Waals surface area (Å²) in [7, 11) is 1.59. The smallest absolute Gasteiger partial charge is 0.277 e. The van der Waals surface area contributed by atoms with Gasteiger partial charge in [-0.25, -0.2) is 9.37 Å². The highest BCUT2D eigenvalue weighted by Gasteiger charge is 2.18. The molecule has 27 heavy (non-hydrogen) atoms. The summed E-state index contributed by atoms with van der Waals surface area (Å²) in [4.78, 5) is 18.9. The number of thioether (sulfide) groups is 1. The number of aryl methyl sites for hydroxylation is 2. The zero-order valence-electron chi connectivity index (χ0n) is 14.8. The molecule has 142 valence electrons. The third-order valence-electron chi connectivity index (χ3n) is 3.71. The standard InChI is InChI=1S/C17H16ClFN4O2S2/c1-9-15(27-10(2)20-9)16-21-22-17(25-16)26-8-14(24)23(3)7-11-12(18)5-4-6-13(11)19/h4-6H,7-8H2,1-3H3. The van der Waals surface area contributed by atoms with Crippen LogP contribution in [0.15, 0.2) is 27.8 Å². The van der Waals surface area contributed by atoms with Crippen molar-refractivity contribution in [1.82, 2.24) is 20.1 Å². The van der Waals surface area contributed by atoms with Crippen molar-refractivity contribution >= 4 is 40.6 Å². The fourth-order valence-electron chi connectivity index (χ4n) is 2.33. The number of amides is 1. The van der Waals surface area contributed by atoms with E-state index in [-0.39, 0.29) is 23.8 Å². The molecular formula is C17H16ClFN4O2S2. The largest absolute Gasteiger partial charge is 0.410 e. The molecule has 0 radical (unpaired) electrons. The molecule has 1 aromatic carbocycles. The zero-order chi connectivity index (χ0) is 19.6. The molecule has 0 aliphatic carbocycles. The topological polar surface area (TPSA) is 72.1 Å². The maximum Gasteiger partial charge on any atom is 0.277 e. The maximum atomic E-state index is 13.9. The highest BCUT2D eigenvalue weighted by atomic mass is 35.5. The van der Waals surface area contributed by atoms with Crippen LogP contribution in [0.2, 0.25) is 5.02 Å². The van der Waals surface area contributed by atoms with Gasteiger partial charge in [0.2, 0.25) is 5.91 Å². The van der Waals surface area contributed by atoms with E-state index >= 15 is 0 Å². The van der Waals surface area contributed by atoms with Crippen LogP contribution < -0.4 is 0 Å². The predicted molar refractivity (Wildman–Crippen MR) is 103 cm³/mol. The third kappa shape index (κ3) is 4.66. The lowest BCUT2D eigenvalue weighted by Crippen LogP contribution is -2.28. The number of benzene rings is 1. The van der Waals surface area contributed by atoms with Gasteiger partial charge in [-0.2, -0.15) is 0 Å². The van der Waals surface area contributed by atoms with Crippen LogP contribution in [-0.4, -0.2) is 38.8 Å².